The van der Waals surface area contributed by atoms with Gasteiger partial charge in [-0.1, -0.05) is 19.1 Å². The summed E-state index contributed by atoms with van der Waals surface area (Å²) in [6.07, 6.45) is 3.00. The maximum absolute atomic E-state index is 12.8. The van der Waals surface area contributed by atoms with Crippen molar-refractivity contribution in [1.29, 1.82) is 0 Å². The van der Waals surface area contributed by atoms with E-state index in [0.717, 1.165) is 43.9 Å². The summed E-state index contributed by atoms with van der Waals surface area (Å²) in [6.45, 7) is 10.4. The first-order valence-corrected chi connectivity index (χ1v) is 10.7. The fourth-order valence-corrected chi connectivity index (χ4v) is 4.71. The van der Waals surface area contributed by atoms with Crippen LogP contribution in [0.4, 0.5) is 0 Å². The Kier molecular flexibility index (Phi) is 5.79. The molecule has 1 saturated heterocycles. The minimum atomic E-state index is -3.40. The van der Waals surface area contributed by atoms with Gasteiger partial charge in [0, 0.05) is 51.0 Å². The molecule has 1 aromatic heterocycles. The summed E-state index contributed by atoms with van der Waals surface area (Å²) >= 11 is 0. The molecule has 1 fully saturated rings. The number of rotatable bonds is 6. The Morgan fingerprint density at radius 1 is 1.04 bits per heavy atom. The summed E-state index contributed by atoms with van der Waals surface area (Å²) in [5, 5.41) is 4.49. The average Bonchev–Trinajstić information content (AvgIpc) is 3.02. The van der Waals surface area contributed by atoms with E-state index in [9.17, 15) is 8.42 Å². The van der Waals surface area contributed by atoms with Gasteiger partial charge in [0.15, 0.2) is 0 Å². The van der Waals surface area contributed by atoms with Crippen LogP contribution in [-0.2, 0) is 29.5 Å². The zero-order chi connectivity index (χ0) is 18.7. The van der Waals surface area contributed by atoms with E-state index in [2.05, 4.69) is 30.0 Å². The van der Waals surface area contributed by atoms with Crippen LogP contribution >= 0.6 is 0 Å². The van der Waals surface area contributed by atoms with Crippen LogP contribution in [-0.4, -0.2) is 53.6 Å². The summed E-state index contributed by atoms with van der Waals surface area (Å²) in [5.74, 6) is 0. The second kappa shape index (κ2) is 7.90. The van der Waals surface area contributed by atoms with Gasteiger partial charge < -0.3 is 0 Å². The molecule has 2 heterocycles. The Bertz CT molecular complexity index is 835. The molecule has 0 aliphatic carbocycles. The third-order valence-corrected chi connectivity index (χ3v) is 6.98. The van der Waals surface area contributed by atoms with Crippen LogP contribution in [0.15, 0.2) is 35.4 Å². The van der Waals surface area contributed by atoms with E-state index in [-0.39, 0.29) is 0 Å². The molecule has 7 heteroatoms. The summed E-state index contributed by atoms with van der Waals surface area (Å²) < 4.78 is 29.2. The first-order valence-electron chi connectivity index (χ1n) is 9.28. The van der Waals surface area contributed by atoms with Gasteiger partial charge in [0.1, 0.15) is 0 Å². The highest BCUT2D eigenvalue weighted by molar-refractivity contribution is 7.89. The third-order valence-electron chi connectivity index (χ3n) is 5.07. The largest absolute Gasteiger partial charge is 0.296 e. The van der Waals surface area contributed by atoms with Gasteiger partial charge in [-0.3, -0.25) is 9.58 Å². The van der Waals surface area contributed by atoms with Gasteiger partial charge in [-0.25, -0.2) is 8.42 Å². The van der Waals surface area contributed by atoms with Gasteiger partial charge in [0.05, 0.1) is 10.6 Å². The second-order valence-electron chi connectivity index (χ2n) is 6.77. The molecule has 0 unspecified atom stereocenters. The van der Waals surface area contributed by atoms with Crippen LogP contribution in [0.25, 0.3) is 0 Å². The van der Waals surface area contributed by atoms with Crippen molar-refractivity contribution in [2.45, 2.75) is 45.2 Å². The summed E-state index contributed by atoms with van der Waals surface area (Å²) in [7, 11) is -3.40. The van der Waals surface area contributed by atoms with Gasteiger partial charge >= 0.3 is 0 Å². The number of hydrogen-bond acceptors (Lipinski definition) is 4. The molecular formula is C19H28N4O2S. The van der Waals surface area contributed by atoms with E-state index in [1.54, 1.807) is 16.4 Å². The van der Waals surface area contributed by atoms with Crippen molar-refractivity contribution in [3.05, 3.63) is 47.3 Å². The highest BCUT2D eigenvalue weighted by Gasteiger charge is 2.28. The van der Waals surface area contributed by atoms with Crippen LogP contribution in [0, 0.1) is 6.92 Å². The summed E-state index contributed by atoms with van der Waals surface area (Å²) in [4.78, 5) is 2.69. The topological polar surface area (TPSA) is 58.4 Å². The van der Waals surface area contributed by atoms with E-state index in [0.29, 0.717) is 18.0 Å². The monoisotopic (exact) mass is 376 g/mol. The first-order chi connectivity index (χ1) is 12.4. The fraction of sp³-hybridized carbons (Fsp3) is 0.526. The van der Waals surface area contributed by atoms with Gasteiger partial charge in [-0.2, -0.15) is 9.40 Å². The molecule has 1 aromatic carbocycles. The van der Waals surface area contributed by atoms with Crippen LogP contribution in [0.3, 0.4) is 0 Å². The summed E-state index contributed by atoms with van der Waals surface area (Å²) in [5.41, 5.74) is 3.42. The van der Waals surface area contributed by atoms with Crippen LogP contribution in [0.5, 0.6) is 0 Å². The fourth-order valence-electron chi connectivity index (χ4n) is 3.29. The van der Waals surface area contributed by atoms with Crippen molar-refractivity contribution >= 4 is 10.0 Å². The number of benzene rings is 1. The minimum absolute atomic E-state index is 0.392. The molecule has 0 N–H and O–H groups in total. The van der Waals surface area contributed by atoms with Crippen LogP contribution in [0.1, 0.15) is 30.7 Å². The molecule has 0 spiro atoms. The Morgan fingerprint density at radius 3 is 2.23 bits per heavy atom. The molecule has 26 heavy (non-hydrogen) atoms. The molecule has 0 saturated carbocycles. The Balaban J connectivity index is 1.62. The lowest BCUT2D eigenvalue weighted by atomic mass is 10.2. The summed E-state index contributed by atoms with van der Waals surface area (Å²) in [6, 6.07) is 7.25. The first kappa shape index (κ1) is 19.1. The molecule has 0 bridgehead atoms. The molecule has 2 aromatic rings. The zero-order valence-electron chi connectivity index (χ0n) is 15.9. The maximum Gasteiger partial charge on any atom is 0.243 e. The third kappa shape index (κ3) is 4.00. The predicted octanol–water partition coefficient (Wildman–Crippen LogP) is 2.28. The molecule has 1 aliphatic rings. The normalized spacial score (nSPS) is 16.9. The number of aryl methyl sites for hydroxylation is 3. The van der Waals surface area contributed by atoms with E-state index < -0.39 is 10.0 Å². The van der Waals surface area contributed by atoms with Gasteiger partial charge in [-0.15, -0.1) is 0 Å². The number of nitrogens with zero attached hydrogens (tertiary/aromatic N) is 4. The molecule has 0 atom stereocenters. The molecule has 1 aliphatic heterocycles. The van der Waals surface area contributed by atoms with Crippen LogP contribution in [0.2, 0.25) is 0 Å². The predicted molar refractivity (Wildman–Crippen MR) is 102 cm³/mol. The molecular weight excluding hydrogens is 348 g/mol. The standard InChI is InChI=1S/C19H28N4O2S/c1-4-17-6-8-19(9-7-17)26(24,25)23-12-10-21(11-13-23)14-18-15-22(5-2)20-16(18)3/h6-9,15H,4-5,10-14H2,1-3H3. The lowest BCUT2D eigenvalue weighted by Crippen LogP contribution is -2.48. The maximum atomic E-state index is 12.8. The highest BCUT2D eigenvalue weighted by atomic mass is 32.2. The zero-order valence-corrected chi connectivity index (χ0v) is 16.7. The van der Waals surface area contributed by atoms with Crippen molar-refractivity contribution in [1.82, 2.24) is 19.0 Å². The van der Waals surface area contributed by atoms with Gasteiger partial charge in [0.25, 0.3) is 0 Å². The Labute approximate surface area is 156 Å². The number of piperazine rings is 1. The van der Waals surface area contributed by atoms with E-state index in [1.807, 2.05) is 23.7 Å². The number of aromatic nitrogens is 2. The molecule has 0 amide bonds. The van der Waals surface area contributed by atoms with Gasteiger partial charge in [-0.05, 0) is 38.0 Å². The quantitative estimate of drug-likeness (QED) is 0.776. The van der Waals surface area contributed by atoms with Crippen molar-refractivity contribution in [2.24, 2.45) is 0 Å². The number of hydrogen-bond donors (Lipinski definition) is 0. The molecule has 6 nitrogen and oxygen atoms in total. The molecule has 0 radical (unpaired) electrons. The lowest BCUT2D eigenvalue weighted by molar-refractivity contribution is 0.181. The average molecular weight is 377 g/mol. The van der Waals surface area contributed by atoms with Gasteiger partial charge in [0.2, 0.25) is 10.0 Å². The van der Waals surface area contributed by atoms with Crippen LogP contribution < -0.4 is 0 Å². The van der Waals surface area contributed by atoms with Crippen molar-refractivity contribution < 1.29 is 8.42 Å². The van der Waals surface area contributed by atoms with Crippen molar-refractivity contribution in [2.75, 3.05) is 26.2 Å². The Morgan fingerprint density at radius 2 is 1.69 bits per heavy atom. The van der Waals surface area contributed by atoms with E-state index >= 15 is 0 Å². The van der Waals surface area contributed by atoms with Crippen molar-refractivity contribution in [3.8, 4) is 0 Å². The van der Waals surface area contributed by atoms with E-state index in [4.69, 9.17) is 0 Å². The lowest BCUT2D eigenvalue weighted by Gasteiger charge is -2.33. The number of sulfonamides is 1. The molecule has 142 valence electrons. The van der Waals surface area contributed by atoms with Crippen molar-refractivity contribution in [3.63, 3.8) is 0 Å². The molecule has 3 rings (SSSR count). The minimum Gasteiger partial charge on any atom is -0.296 e. The SMILES string of the molecule is CCc1ccc(S(=O)(=O)N2CCN(Cc3cn(CC)nc3C)CC2)cc1. The van der Waals surface area contributed by atoms with E-state index in [1.165, 1.54) is 5.56 Å². The smallest absolute Gasteiger partial charge is 0.243 e. The highest BCUT2D eigenvalue weighted by Crippen LogP contribution is 2.19. The second-order valence-corrected chi connectivity index (χ2v) is 8.71. The Hall–Kier alpha value is -1.70.